The Bertz CT molecular complexity index is 553. The van der Waals surface area contributed by atoms with Crippen LogP contribution in [0, 0.1) is 0 Å². The third kappa shape index (κ3) is 6.37. The van der Waals surface area contributed by atoms with E-state index in [0.29, 0.717) is 0 Å². The van der Waals surface area contributed by atoms with Gasteiger partial charge in [-0.05, 0) is 30.7 Å². The molecule has 0 aliphatic carbocycles. The molecule has 2 aromatic rings. The van der Waals surface area contributed by atoms with Crippen LogP contribution in [0.3, 0.4) is 0 Å². The molecule has 0 fully saturated rings. The maximum absolute atomic E-state index is 4.36. The summed E-state index contributed by atoms with van der Waals surface area (Å²) in [6.45, 7) is 9.75. The highest BCUT2D eigenvalue weighted by atomic mass is 14.8. The Morgan fingerprint density at radius 2 is 1.95 bits per heavy atom. The lowest BCUT2D eigenvalue weighted by Gasteiger charge is -2.06. The Morgan fingerprint density at radius 3 is 2.71 bits per heavy atom. The molecule has 2 nitrogen and oxygen atoms in total. The van der Waals surface area contributed by atoms with Gasteiger partial charge in [0.05, 0.1) is 5.52 Å². The number of nitrogens with zero attached hydrogens (tertiary/aromatic N) is 1. The number of allylic oxidation sites excluding steroid dienone is 2. The molecule has 0 aliphatic heterocycles. The van der Waals surface area contributed by atoms with Gasteiger partial charge in [0.2, 0.25) is 0 Å². The molecule has 1 aromatic heterocycles. The van der Waals surface area contributed by atoms with Crippen molar-refractivity contribution >= 4 is 10.9 Å². The molecule has 1 N–H and O–H groups in total. The zero-order chi connectivity index (χ0) is 15.3. The summed E-state index contributed by atoms with van der Waals surface area (Å²) in [5.74, 6) is 0. The number of fused-ring (bicyclic) bond motifs is 1. The monoisotopic (exact) mass is 282 g/mol. The largest absolute Gasteiger partial charge is 0.312 e. The second-order valence-electron chi connectivity index (χ2n) is 4.82. The van der Waals surface area contributed by atoms with E-state index in [-0.39, 0.29) is 0 Å². The van der Waals surface area contributed by atoms with Gasteiger partial charge >= 0.3 is 0 Å². The van der Waals surface area contributed by atoms with Crippen molar-refractivity contribution < 1.29 is 0 Å². The highest BCUT2D eigenvalue weighted by molar-refractivity contribution is 5.81. The molecule has 21 heavy (non-hydrogen) atoms. The molecule has 0 bridgehead atoms. The minimum Gasteiger partial charge on any atom is -0.312 e. The van der Waals surface area contributed by atoms with E-state index in [4.69, 9.17) is 0 Å². The van der Waals surface area contributed by atoms with Gasteiger partial charge < -0.3 is 5.32 Å². The van der Waals surface area contributed by atoms with Crippen LogP contribution in [0.15, 0.2) is 61.3 Å². The molecule has 1 aromatic carbocycles. The van der Waals surface area contributed by atoms with Crippen LogP contribution in [-0.2, 0) is 6.54 Å². The minimum absolute atomic E-state index is 0.880. The molecule has 0 amide bonds. The van der Waals surface area contributed by atoms with Crippen molar-refractivity contribution in [1.29, 1.82) is 0 Å². The van der Waals surface area contributed by atoms with E-state index in [9.17, 15) is 0 Å². The van der Waals surface area contributed by atoms with Crippen LogP contribution < -0.4 is 5.32 Å². The fourth-order valence-electron chi connectivity index (χ4n) is 1.91. The van der Waals surface area contributed by atoms with Crippen molar-refractivity contribution in [3.05, 3.63) is 66.9 Å². The van der Waals surface area contributed by atoms with Gasteiger partial charge in [0.15, 0.2) is 0 Å². The third-order valence-electron chi connectivity index (χ3n) is 2.81. The normalized spacial score (nSPS) is 10.4. The first-order valence-corrected chi connectivity index (χ1v) is 7.64. The van der Waals surface area contributed by atoms with Crippen molar-refractivity contribution in [2.24, 2.45) is 0 Å². The van der Waals surface area contributed by atoms with E-state index in [0.717, 1.165) is 25.0 Å². The first kappa shape index (κ1) is 17.1. The third-order valence-corrected chi connectivity index (χ3v) is 2.81. The van der Waals surface area contributed by atoms with Crippen LogP contribution in [0.2, 0.25) is 0 Å². The van der Waals surface area contributed by atoms with Crippen molar-refractivity contribution in [2.75, 3.05) is 6.54 Å². The molecule has 2 rings (SSSR count). The molecule has 1 heterocycles. The van der Waals surface area contributed by atoms with E-state index in [1.807, 2.05) is 24.4 Å². The van der Waals surface area contributed by atoms with Gasteiger partial charge in [0.25, 0.3) is 0 Å². The number of aromatic nitrogens is 1. The van der Waals surface area contributed by atoms with E-state index < -0.39 is 0 Å². The molecule has 0 spiro atoms. The lowest BCUT2D eigenvalue weighted by molar-refractivity contribution is 0.698. The molecule has 2 heteroatoms. The number of benzene rings is 1. The predicted molar refractivity (Wildman–Crippen MR) is 93.4 cm³/mol. The van der Waals surface area contributed by atoms with Crippen LogP contribution in [0.25, 0.3) is 10.9 Å². The summed E-state index contributed by atoms with van der Waals surface area (Å²) in [7, 11) is 0. The van der Waals surface area contributed by atoms with E-state index >= 15 is 0 Å². The van der Waals surface area contributed by atoms with E-state index in [2.05, 4.69) is 55.0 Å². The zero-order valence-corrected chi connectivity index (χ0v) is 13.2. The maximum atomic E-state index is 4.36. The average molecular weight is 282 g/mol. The lowest BCUT2D eigenvalue weighted by Crippen LogP contribution is -2.14. The second kappa shape index (κ2) is 10.8. The molecular formula is C19H26N2. The Balaban J connectivity index is 0.000000677. The predicted octanol–water partition coefficient (Wildman–Crippen LogP) is 4.87. The first-order chi connectivity index (χ1) is 10.3. The number of nitrogens with one attached hydrogen (secondary N) is 1. The number of hydrogen-bond donors (Lipinski definition) is 1. The van der Waals surface area contributed by atoms with Crippen LogP contribution in [-0.4, -0.2) is 11.5 Å². The fraction of sp³-hybridized carbons (Fsp3) is 0.316. The Kier molecular flexibility index (Phi) is 8.81. The first-order valence-electron chi connectivity index (χ1n) is 7.64. The van der Waals surface area contributed by atoms with Gasteiger partial charge in [0.1, 0.15) is 0 Å². The molecule has 0 atom stereocenters. The highest BCUT2D eigenvalue weighted by Gasteiger charge is 1.99. The lowest BCUT2D eigenvalue weighted by atomic mass is 10.1. The summed E-state index contributed by atoms with van der Waals surface area (Å²) in [5.41, 5.74) is 2.36. The maximum Gasteiger partial charge on any atom is 0.0705 e. The fourth-order valence-corrected chi connectivity index (χ4v) is 1.91. The van der Waals surface area contributed by atoms with Crippen LogP contribution in [0.4, 0.5) is 0 Å². The van der Waals surface area contributed by atoms with Crippen molar-refractivity contribution in [1.82, 2.24) is 10.3 Å². The standard InChI is InChI=1S/C16H18N2.C3H8/c1-2-3-4-7-11-17-13-14-10-12-18-16-9-6-5-8-15(14)16;1-3-2/h2-6,8-10,12,17H,1,7,11,13H2;3H2,1-2H3/b4-3+;. The smallest absolute Gasteiger partial charge is 0.0705 e. The molecule has 0 aliphatic rings. The van der Waals surface area contributed by atoms with E-state index in [1.165, 1.54) is 17.4 Å². The summed E-state index contributed by atoms with van der Waals surface area (Å²) in [6.07, 6.45) is 10.0. The quantitative estimate of drug-likeness (QED) is 0.604. The summed E-state index contributed by atoms with van der Waals surface area (Å²) in [6, 6.07) is 10.3. The average Bonchev–Trinajstić information content (AvgIpc) is 2.52. The summed E-state index contributed by atoms with van der Waals surface area (Å²) in [4.78, 5) is 4.36. The van der Waals surface area contributed by atoms with Gasteiger partial charge in [-0.3, -0.25) is 4.98 Å². The van der Waals surface area contributed by atoms with E-state index in [1.54, 1.807) is 6.08 Å². The SMILES string of the molecule is C=C/C=C/CCNCc1ccnc2ccccc12.CCC. The minimum atomic E-state index is 0.880. The van der Waals surface area contributed by atoms with Crippen molar-refractivity contribution in [3.8, 4) is 0 Å². The summed E-state index contributed by atoms with van der Waals surface area (Å²) >= 11 is 0. The number of rotatable bonds is 6. The highest BCUT2D eigenvalue weighted by Crippen LogP contribution is 2.15. The molecule has 0 saturated heterocycles. The van der Waals surface area contributed by atoms with Crippen LogP contribution in [0.1, 0.15) is 32.3 Å². The Labute approximate surface area is 128 Å². The molecule has 0 saturated carbocycles. The summed E-state index contributed by atoms with van der Waals surface area (Å²) in [5, 5.41) is 4.67. The van der Waals surface area contributed by atoms with Crippen LogP contribution >= 0.6 is 0 Å². The Morgan fingerprint density at radius 1 is 1.19 bits per heavy atom. The topological polar surface area (TPSA) is 24.9 Å². The molecule has 0 unspecified atom stereocenters. The molecule has 0 radical (unpaired) electrons. The van der Waals surface area contributed by atoms with Gasteiger partial charge in [-0.2, -0.15) is 0 Å². The van der Waals surface area contributed by atoms with Gasteiger partial charge in [0, 0.05) is 18.1 Å². The number of hydrogen-bond acceptors (Lipinski definition) is 2. The van der Waals surface area contributed by atoms with Gasteiger partial charge in [-0.1, -0.05) is 63.3 Å². The Hall–Kier alpha value is -1.93. The van der Waals surface area contributed by atoms with Gasteiger partial charge in [-0.15, -0.1) is 0 Å². The molecule has 112 valence electrons. The van der Waals surface area contributed by atoms with Gasteiger partial charge in [-0.25, -0.2) is 0 Å². The number of para-hydroxylation sites is 1. The van der Waals surface area contributed by atoms with Crippen LogP contribution in [0.5, 0.6) is 0 Å². The van der Waals surface area contributed by atoms with Crippen molar-refractivity contribution in [3.63, 3.8) is 0 Å². The van der Waals surface area contributed by atoms with Crippen molar-refractivity contribution in [2.45, 2.75) is 33.2 Å². The zero-order valence-electron chi connectivity index (χ0n) is 13.2. The molecular weight excluding hydrogens is 256 g/mol. The number of pyridine rings is 1. The second-order valence-corrected chi connectivity index (χ2v) is 4.82. The summed E-state index contributed by atoms with van der Waals surface area (Å²) < 4.78 is 0.